The highest BCUT2D eigenvalue weighted by Crippen LogP contribution is 2.36. The normalized spacial score (nSPS) is 35.7. The Bertz CT molecular complexity index is 243. The van der Waals surface area contributed by atoms with E-state index >= 15 is 0 Å². The minimum Gasteiger partial charge on any atom is -0.376 e. The predicted molar refractivity (Wildman–Crippen MR) is 78.4 cm³/mol. The van der Waals surface area contributed by atoms with E-state index in [1.807, 2.05) is 0 Å². The molecule has 1 atom stereocenters. The van der Waals surface area contributed by atoms with Gasteiger partial charge in [-0.1, -0.05) is 20.3 Å². The third-order valence-corrected chi connectivity index (χ3v) is 4.89. The van der Waals surface area contributed by atoms with E-state index < -0.39 is 0 Å². The van der Waals surface area contributed by atoms with E-state index in [1.165, 1.54) is 44.9 Å². The Balaban J connectivity index is 1.83. The van der Waals surface area contributed by atoms with Crippen LogP contribution < -0.4 is 5.32 Å². The summed E-state index contributed by atoms with van der Waals surface area (Å²) in [6, 6.07) is 0. The number of nitrogens with one attached hydrogen (secondary N) is 1. The molecule has 2 rings (SSSR count). The summed E-state index contributed by atoms with van der Waals surface area (Å²) in [4.78, 5) is 0. The maximum absolute atomic E-state index is 6.36. The molecule has 3 heteroatoms. The van der Waals surface area contributed by atoms with Gasteiger partial charge in [-0.3, -0.25) is 0 Å². The molecule has 1 N–H and O–H groups in total. The highest BCUT2D eigenvalue weighted by molar-refractivity contribution is 4.89. The lowest BCUT2D eigenvalue weighted by Gasteiger charge is -2.40. The molecule has 0 aromatic heterocycles. The van der Waals surface area contributed by atoms with Crippen LogP contribution in [0.25, 0.3) is 0 Å². The van der Waals surface area contributed by atoms with Crippen LogP contribution in [0.5, 0.6) is 0 Å². The van der Waals surface area contributed by atoms with Crippen molar-refractivity contribution in [2.45, 2.75) is 70.5 Å². The Morgan fingerprint density at radius 1 is 1.21 bits per heavy atom. The van der Waals surface area contributed by atoms with Crippen LogP contribution in [0.4, 0.5) is 0 Å². The minimum atomic E-state index is 0.0770. The van der Waals surface area contributed by atoms with Gasteiger partial charge in [-0.25, -0.2) is 0 Å². The Morgan fingerprint density at radius 3 is 2.58 bits per heavy atom. The maximum atomic E-state index is 6.36. The van der Waals surface area contributed by atoms with Gasteiger partial charge in [0.25, 0.3) is 0 Å². The molecule has 0 aromatic carbocycles. The first-order valence-corrected chi connectivity index (χ1v) is 8.24. The molecule has 1 aliphatic carbocycles. The highest BCUT2D eigenvalue weighted by atomic mass is 16.5. The Morgan fingerprint density at radius 2 is 2.00 bits per heavy atom. The Kier molecular flexibility index (Phi) is 6.11. The fraction of sp³-hybridized carbons (Fsp3) is 1.00. The summed E-state index contributed by atoms with van der Waals surface area (Å²) in [6.45, 7) is 8.24. The van der Waals surface area contributed by atoms with Crippen LogP contribution in [-0.2, 0) is 9.47 Å². The van der Waals surface area contributed by atoms with Gasteiger partial charge in [0.1, 0.15) is 0 Å². The SMILES string of the molecule is CCNCC1(OCC2CCCO2)CCC(CC)CC1. The molecule has 0 aromatic rings. The van der Waals surface area contributed by atoms with Gasteiger partial charge in [0.15, 0.2) is 0 Å². The minimum absolute atomic E-state index is 0.0770. The first-order chi connectivity index (χ1) is 9.28. The predicted octanol–water partition coefficient (Wildman–Crippen LogP) is 3.13. The topological polar surface area (TPSA) is 30.5 Å². The van der Waals surface area contributed by atoms with Gasteiger partial charge in [-0.2, -0.15) is 0 Å². The van der Waals surface area contributed by atoms with Crippen molar-refractivity contribution in [2.24, 2.45) is 5.92 Å². The third-order valence-electron chi connectivity index (χ3n) is 4.89. The summed E-state index contributed by atoms with van der Waals surface area (Å²) in [5.74, 6) is 0.918. The van der Waals surface area contributed by atoms with Gasteiger partial charge in [0.05, 0.1) is 18.3 Å². The van der Waals surface area contributed by atoms with Crippen LogP contribution in [-0.4, -0.2) is 38.0 Å². The molecule has 112 valence electrons. The molecule has 1 aliphatic heterocycles. The number of hydrogen-bond donors (Lipinski definition) is 1. The average Bonchev–Trinajstić information content (AvgIpc) is 2.97. The molecule has 2 fully saturated rings. The van der Waals surface area contributed by atoms with Gasteiger partial charge in [0.2, 0.25) is 0 Å². The van der Waals surface area contributed by atoms with E-state index in [-0.39, 0.29) is 5.60 Å². The molecule has 1 saturated heterocycles. The number of ether oxygens (including phenoxy) is 2. The summed E-state index contributed by atoms with van der Waals surface area (Å²) >= 11 is 0. The van der Waals surface area contributed by atoms with Crippen LogP contribution >= 0.6 is 0 Å². The Hall–Kier alpha value is -0.120. The number of rotatable bonds is 7. The van der Waals surface area contributed by atoms with E-state index in [0.29, 0.717) is 6.10 Å². The van der Waals surface area contributed by atoms with Crippen LogP contribution in [0.2, 0.25) is 0 Å². The fourth-order valence-electron chi connectivity index (χ4n) is 3.38. The van der Waals surface area contributed by atoms with Crippen LogP contribution in [0.15, 0.2) is 0 Å². The number of hydrogen-bond acceptors (Lipinski definition) is 3. The molecule has 1 unspecified atom stereocenters. The van der Waals surface area contributed by atoms with Crippen molar-refractivity contribution in [1.82, 2.24) is 5.32 Å². The summed E-state index contributed by atoms with van der Waals surface area (Å²) in [5, 5.41) is 3.50. The second-order valence-electron chi connectivity index (χ2n) is 6.26. The zero-order valence-corrected chi connectivity index (χ0v) is 12.7. The molecular formula is C16H31NO2. The van der Waals surface area contributed by atoms with E-state index in [4.69, 9.17) is 9.47 Å². The zero-order valence-electron chi connectivity index (χ0n) is 12.7. The standard InChI is InChI=1S/C16H31NO2/c1-3-14-7-9-16(10-8-14,13-17-4-2)19-12-15-6-5-11-18-15/h14-15,17H,3-13H2,1-2H3. The molecule has 19 heavy (non-hydrogen) atoms. The highest BCUT2D eigenvalue weighted by Gasteiger charge is 2.36. The van der Waals surface area contributed by atoms with E-state index in [1.54, 1.807) is 0 Å². The second kappa shape index (κ2) is 7.61. The van der Waals surface area contributed by atoms with Crippen molar-refractivity contribution in [2.75, 3.05) is 26.3 Å². The van der Waals surface area contributed by atoms with Gasteiger partial charge >= 0.3 is 0 Å². The zero-order chi connectivity index (χ0) is 13.6. The van der Waals surface area contributed by atoms with Crippen LogP contribution in [0, 0.1) is 5.92 Å². The monoisotopic (exact) mass is 269 g/mol. The van der Waals surface area contributed by atoms with E-state index in [0.717, 1.165) is 32.2 Å². The lowest BCUT2D eigenvalue weighted by molar-refractivity contribution is -0.106. The first-order valence-electron chi connectivity index (χ1n) is 8.24. The smallest absolute Gasteiger partial charge is 0.0809 e. The quantitative estimate of drug-likeness (QED) is 0.770. The molecule has 0 spiro atoms. The van der Waals surface area contributed by atoms with Crippen LogP contribution in [0.3, 0.4) is 0 Å². The summed E-state index contributed by atoms with van der Waals surface area (Å²) in [7, 11) is 0. The van der Waals surface area contributed by atoms with E-state index in [2.05, 4.69) is 19.2 Å². The summed E-state index contributed by atoms with van der Waals surface area (Å²) in [6.07, 6.45) is 9.13. The van der Waals surface area contributed by atoms with Crippen molar-refractivity contribution in [3.05, 3.63) is 0 Å². The molecule has 0 bridgehead atoms. The third kappa shape index (κ3) is 4.44. The van der Waals surface area contributed by atoms with Crippen molar-refractivity contribution >= 4 is 0 Å². The van der Waals surface area contributed by atoms with Crippen molar-refractivity contribution in [1.29, 1.82) is 0 Å². The molecule has 3 nitrogen and oxygen atoms in total. The van der Waals surface area contributed by atoms with Crippen molar-refractivity contribution in [3.63, 3.8) is 0 Å². The molecule has 0 amide bonds. The average molecular weight is 269 g/mol. The second-order valence-corrected chi connectivity index (χ2v) is 6.26. The van der Waals surface area contributed by atoms with Crippen molar-refractivity contribution < 1.29 is 9.47 Å². The van der Waals surface area contributed by atoms with Crippen LogP contribution in [0.1, 0.15) is 58.8 Å². The van der Waals surface area contributed by atoms with Crippen molar-refractivity contribution in [3.8, 4) is 0 Å². The van der Waals surface area contributed by atoms with Gasteiger partial charge in [-0.05, 0) is 51.0 Å². The fourth-order valence-corrected chi connectivity index (χ4v) is 3.38. The van der Waals surface area contributed by atoms with Gasteiger partial charge < -0.3 is 14.8 Å². The molecular weight excluding hydrogens is 238 g/mol. The lowest BCUT2D eigenvalue weighted by atomic mass is 9.77. The maximum Gasteiger partial charge on any atom is 0.0809 e. The summed E-state index contributed by atoms with van der Waals surface area (Å²) in [5.41, 5.74) is 0.0770. The van der Waals surface area contributed by atoms with Gasteiger partial charge in [0, 0.05) is 13.2 Å². The lowest BCUT2D eigenvalue weighted by Crippen LogP contribution is -2.47. The number of likely N-dealkylation sites (N-methyl/N-ethyl adjacent to an activating group) is 1. The molecule has 0 radical (unpaired) electrons. The largest absolute Gasteiger partial charge is 0.376 e. The van der Waals surface area contributed by atoms with Gasteiger partial charge in [-0.15, -0.1) is 0 Å². The van der Waals surface area contributed by atoms with E-state index in [9.17, 15) is 0 Å². The first kappa shape index (κ1) is 15.3. The molecule has 1 saturated carbocycles. The Labute approximate surface area is 118 Å². The molecule has 1 heterocycles. The molecule has 2 aliphatic rings. The summed E-state index contributed by atoms with van der Waals surface area (Å²) < 4.78 is 12.1.